The number of benzene rings is 1. The molecule has 0 saturated carbocycles. The Morgan fingerprint density at radius 2 is 2.17 bits per heavy atom. The fourth-order valence-electron chi connectivity index (χ4n) is 2.18. The first kappa shape index (κ1) is 12.8. The number of halogens is 1. The average Bonchev–Trinajstić information content (AvgIpc) is 2.38. The number of carbonyl (C=O) groups is 1. The quantitative estimate of drug-likeness (QED) is 0.854. The largest absolute Gasteiger partial charge is 0.381 e. The van der Waals surface area contributed by atoms with E-state index in [1.807, 2.05) is 0 Å². The molecule has 1 saturated heterocycles. The van der Waals surface area contributed by atoms with E-state index in [-0.39, 0.29) is 11.7 Å². The molecule has 1 aliphatic heterocycles. The molecule has 4 nitrogen and oxygen atoms in total. The number of amides is 1. The van der Waals surface area contributed by atoms with Crippen molar-refractivity contribution in [1.29, 1.82) is 0 Å². The molecule has 2 rings (SSSR count). The van der Waals surface area contributed by atoms with Gasteiger partial charge < -0.3 is 15.8 Å². The Kier molecular flexibility index (Phi) is 4.15. The first-order chi connectivity index (χ1) is 8.66. The summed E-state index contributed by atoms with van der Waals surface area (Å²) in [5.41, 5.74) is 6.10. The number of anilines is 1. The average molecular weight is 252 g/mol. The molecule has 1 aliphatic rings. The lowest BCUT2D eigenvalue weighted by Gasteiger charge is -2.29. The van der Waals surface area contributed by atoms with Crippen molar-refractivity contribution in [3.8, 4) is 0 Å². The van der Waals surface area contributed by atoms with Gasteiger partial charge in [-0.2, -0.15) is 0 Å². The summed E-state index contributed by atoms with van der Waals surface area (Å²) in [5, 5.41) is 3.05. The highest BCUT2D eigenvalue weighted by Crippen LogP contribution is 2.21. The molecule has 0 radical (unpaired) electrons. The summed E-state index contributed by atoms with van der Waals surface area (Å²) in [7, 11) is 0. The van der Waals surface area contributed by atoms with Gasteiger partial charge in [-0.25, -0.2) is 4.39 Å². The molecule has 0 aliphatic carbocycles. The summed E-state index contributed by atoms with van der Waals surface area (Å²) in [6, 6.07) is 5.40. The third kappa shape index (κ3) is 3.20. The number of rotatable bonds is 4. The van der Waals surface area contributed by atoms with E-state index >= 15 is 0 Å². The summed E-state index contributed by atoms with van der Waals surface area (Å²) in [5.74, 6) is -0.645. The summed E-state index contributed by atoms with van der Waals surface area (Å²) in [6.07, 6.45) is 1.83. The number of nitrogens with two attached hydrogens (primary N) is 1. The summed E-state index contributed by atoms with van der Waals surface area (Å²) < 4.78 is 18.2. The molecule has 3 N–H and O–H groups in total. The van der Waals surface area contributed by atoms with Crippen LogP contribution in [0.15, 0.2) is 24.3 Å². The van der Waals surface area contributed by atoms with Crippen LogP contribution >= 0.6 is 0 Å². The molecule has 0 spiro atoms. The van der Waals surface area contributed by atoms with Crippen LogP contribution in [0.25, 0.3) is 0 Å². The lowest BCUT2D eigenvalue weighted by molar-refractivity contribution is -0.121. The number of hydrogen-bond acceptors (Lipinski definition) is 3. The van der Waals surface area contributed by atoms with Crippen molar-refractivity contribution in [2.75, 3.05) is 18.5 Å². The predicted molar refractivity (Wildman–Crippen MR) is 66.5 cm³/mol. The maximum absolute atomic E-state index is 12.8. The molecule has 1 heterocycles. The summed E-state index contributed by atoms with van der Waals surface area (Å²) in [6.45, 7) is 1.26. The minimum absolute atomic E-state index is 0.0707. The van der Waals surface area contributed by atoms with Crippen LogP contribution < -0.4 is 11.1 Å². The van der Waals surface area contributed by atoms with Crippen molar-refractivity contribution < 1.29 is 13.9 Å². The van der Waals surface area contributed by atoms with Gasteiger partial charge >= 0.3 is 0 Å². The zero-order valence-electron chi connectivity index (χ0n) is 10.1. The van der Waals surface area contributed by atoms with Crippen molar-refractivity contribution in [1.82, 2.24) is 0 Å². The molecule has 98 valence electrons. The van der Waals surface area contributed by atoms with Crippen LogP contribution in [0, 0.1) is 11.7 Å². The highest BCUT2D eigenvalue weighted by atomic mass is 19.1. The number of hydrogen-bond donors (Lipinski definition) is 2. The van der Waals surface area contributed by atoms with Crippen LogP contribution in [0.5, 0.6) is 0 Å². The van der Waals surface area contributed by atoms with Gasteiger partial charge in [0.05, 0.1) is 6.61 Å². The Morgan fingerprint density at radius 3 is 2.72 bits per heavy atom. The van der Waals surface area contributed by atoms with E-state index in [1.165, 1.54) is 12.1 Å². The predicted octanol–water partition coefficient (Wildman–Crippen LogP) is 1.52. The molecule has 1 amide bonds. The van der Waals surface area contributed by atoms with Gasteiger partial charge in [0.2, 0.25) is 5.91 Å². The van der Waals surface area contributed by atoms with Crippen molar-refractivity contribution in [2.45, 2.75) is 18.9 Å². The highest BCUT2D eigenvalue weighted by molar-refractivity contribution is 5.83. The molecule has 2 unspecified atom stereocenters. The van der Waals surface area contributed by atoms with Crippen LogP contribution in [0.1, 0.15) is 12.8 Å². The Balaban J connectivity index is 2.05. The maximum Gasteiger partial charge on any atom is 0.240 e. The Morgan fingerprint density at radius 1 is 1.44 bits per heavy atom. The van der Waals surface area contributed by atoms with Crippen LogP contribution in [-0.4, -0.2) is 25.2 Å². The normalized spacial score (nSPS) is 21.3. The molecule has 0 aromatic heterocycles. The molecule has 1 aromatic carbocycles. The van der Waals surface area contributed by atoms with Gasteiger partial charge in [-0.05, 0) is 37.1 Å². The minimum atomic E-state index is -0.476. The van der Waals surface area contributed by atoms with E-state index in [2.05, 4.69) is 5.32 Å². The third-order valence-electron chi connectivity index (χ3n) is 3.14. The number of carbonyl (C=O) groups excluding carboxylic acids is 1. The van der Waals surface area contributed by atoms with E-state index in [9.17, 15) is 9.18 Å². The fourth-order valence-corrected chi connectivity index (χ4v) is 2.18. The lowest BCUT2D eigenvalue weighted by Crippen LogP contribution is -2.44. The van der Waals surface area contributed by atoms with E-state index in [1.54, 1.807) is 12.1 Å². The van der Waals surface area contributed by atoms with Gasteiger partial charge in [0.1, 0.15) is 11.9 Å². The summed E-state index contributed by atoms with van der Waals surface area (Å²) in [4.78, 5) is 11.5. The van der Waals surface area contributed by atoms with Gasteiger partial charge in [0.15, 0.2) is 0 Å². The van der Waals surface area contributed by atoms with Crippen molar-refractivity contribution in [3.05, 3.63) is 30.1 Å². The van der Waals surface area contributed by atoms with E-state index < -0.39 is 11.9 Å². The standard InChI is InChI=1S/C13H17FN2O2/c14-10-3-5-11(6-4-10)16-12(13(15)17)9-2-1-7-18-8-9/h3-6,9,12,16H,1-2,7-8H2,(H2,15,17). The van der Waals surface area contributed by atoms with E-state index in [0.29, 0.717) is 12.3 Å². The number of nitrogens with one attached hydrogen (secondary N) is 1. The van der Waals surface area contributed by atoms with Crippen LogP contribution in [-0.2, 0) is 9.53 Å². The molecule has 1 aromatic rings. The Hall–Kier alpha value is -1.62. The second-order valence-corrected chi connectivity index (χ2v) is 4.51. The highest BCUT2D eigenvalue weighted by Gasteiger charge is 2.28. The molecular weight excluding hydrogens is 235 g/mol. The molecule has 1 fully saturated rings. The first-order valence-corrected chi connectivity index (χ1v) is 6.06. The monoisotopic (exact) mass is 252 g/mol. The second-order valence-electron chi connectivity index (χ2n) is 4.51. The van der Waals surface area contributed by atoms with Crippen LogP contribution in [0.3, 0.4) is 0 Å². The molecular formula is C13H17FN2O2. The van der Waals surface area contributed by atoms with Crippen molar-refractivity contribution in [2.24, 2.45) is 11.7 Å². The molecule has 18 heavy (non-hydrogen) atoms. The SMILES string of the molecule is NC(=O)C(Nc1ccc(F)cc1)C1CCCOC1. The molecule has 0 bridgehead atoms. The minimum Gasteiger partial charge on any atom is -0.381 e. The van der Waals surface area contributed by atoms with Crippen molar-refractivity contribution >= 4 is 11.6 Å². The summed E-state index contributed by atoms with van der Waals surface area (Å²) >= 11 is 0. The van der Waals surface area contributed by atoms with Gasteiger partial charge in [0.25, 0.3) is 0 Å². The Bertz CT molecular complexity index is 402. The second kappa shape index (κ2) is 5.82. The van der Waals surface area contributed by atoms with Crippen LogP contribution in [0.4, 0.5) is 10.1 Å². The topological polar surface area (TPSA) is 64.4 Å². The number of ether oxygens (including phenoxy) is 1. The van der Waals surface area contributed by atoms with Crippen LogP contribution in [0.2, 0.25) is 0 Å². The number of primary amides is 1. The van der Waals surface area contributed by atoms with Gasteiger partial charge in [-0.3, -0.25) is 4.79 Å². The zero-order valence-corrected chi connectivity index (χ0v) is 10.1. The van der Waals surface area contributed by atoms with E-state index in [4.69, 9.17) is 10.5 Å². The first-order valence-electron chi connectivity index (χ1n) is 6.06. The Labute approximate surface area is 105 Å². The fraction of sp³-hybridized carbons (Fsp3) is 0.462. The third-order valence-corrected chi connectivity index (χ3v) is 3.14. The van der Waals surface area contributed by atoms with E-state index in [0.717, 1.165) is 19.4 Å². The maximum atomic E-state index is 12.8. The zero-order chi connectivity index (χ0) is 13.0. The van der Waals surface area contributed by atoms with Crippen molar-refractivity contribution in [3.63, 3.8) is 0 Å². The van der Waals surface area contributed by atoms with Gasteiger partial charge in [-0.1, -0.05) is 0 Å². The van der Waals surface area contributed by atoms with Gasteiger partial charge in [-0.15, -0.1) is 0 Å². The lowest BCUT2D eigenvalue weighted by atomic mass is 9.93. The smallest absolute Gasteiger partial charge is 0.240 e. The van der Waals surface area contributed by atoms with Gasteiger partial charge in [0, 0.05) is 18.2 Å². The molecule has 2 atom stereocenters. The molecule has 5 heteroatoms.